The number of hydrogen-bond donors (Lipinski definition) is 0. The minimum atomic E-state index is -0.426. The molecular formula is C13H13ClN2O2. The molecular weight excluding hydrogens is 252 g/mol. The van der Waals surface area contributed by atoms with E-state index in [0.717, 1.165) is 11.3 Å². The Balaban J connectivity index is 2.09. The fourth-order valence-corrected chi connectivity index (χ4v) is 1.77. The van der Waals surface area contributed by atoms with Crippen LogP contribution in [0.2, 0.25) is 5.02 Å². The topological polar surface area (TPSA) is 44.1 Å². The molecule has 0 aliphatic heterocycles. The summed E-state index contributed by atoms with van der Waals surface area (Å²) in [6.45, 7) is 2.03. The molecule has 0 saturated heterocycles. The second-order valence-electron chi connectivity index (χ2n) is 3.96. The van der Waals surface area contributed by atoms with E-state index >= 15 is 0 Å². The fraction of sp³-hybridized carbons (Fsp3) is 0.231. The minimum absolute atomic E-state index is 0.180. The van der Waals surface area contributed by atoms with E-state index in [4.69, 9.17) is 16.3 Å². The van der Waals surface area contributed by atoms with E-state index in [1.54, 1.807) is 36.1 Å². The third-order valence-corrected chi connectivity index (χ3v) is 3.19. The standard InChI is InChI=1S/C13H13ClN2O2/c1-9-4-3-5-11(12(9)14)13(17)18-8-10-6-7-15-16(10)2/h3-7H,8H2,1-2H3. The van der Waals surface area contributed by atoms with Crippen molar-refractivity contribution in [3.05, 3.63) is 52.3 Å². The van der Waals surface area contributed by atoms with Crippen molar-refractivity contribution in [1.82, 2.24) is 9.78 Å². The lowest BCUT2D eigenvalue weighted by molar-refractivity contribution is 0.0463. The quantitative estimate of drug-likeness (QED) is 0.801. The number of nitrogens with zero attached hydrogens (tertiary/aromatic N) is 2. The summed E-state index contributed by atoms with van der Waals surface area (Å²) in [5.41, 5.74) is 2.07. The molecule has 0 fully saturated rings. The van der Waals surface area contributed by atoms with Gasteiger partial charge in [-0.1, -0.05) is 23.7 Å². The third kappa shape index (κ3) is 2.54. The maximum Gasteiger partial charge on any atom is 0.340 e. The van der Waals surface area contributed by atoms with Crippen LogP contribution in [0, 0.1) is 6.92 Å². The highest BCUT2D eigenvalue weighted by Gasteiger charge is 2.13. The van der Waals surface area contributed by atoms with Gasteiger partial charge in [0.2, 0.25) is 0 Å². The Morgan fingerprint density at radius 2 is 2.22 bits per heavy atom. The van der Waals surface area contributed by atoms with Crippen molar-refractivity contribution in [3.63, 3.8) is 0 Å². The lowest BCUT2D eigenvalue weighted by Gasteiger charge is -2.07. The van der Waals surface area contributed by atoms with E-state index in [-0.39, 0.29) is 6.61 Å². The van der Waals surface area contributed by atoms with Gasteiger partial charge in [0.15, 0.2) is 0 Å². The van der Waals surface area contributed by atoms with Crippen LogP contribution in [0.5, 0.6) is 0 Å². The molecule has 2 rings (SSSR count). The third-order valence-electron chi connectivity index (χ3n) is 2.69. The van der Waals surface area contributed by atoms with Crippen LogP contribution in [0.15, 0.2) is 30.5 Å². The Labute approximate surface area is 110 Å². The first-order chi connectivity index (χ1) is 8.59. The molecule has 0 unspecified atom stereocenters. The second kappa shape index (κ2) is 5.23. The summed E-state index contributed by atoms with van der Waals surface area (Å²) in [6, 6.07) is 7.08. The highest BCUT2D eigenvalue weighted by atomic mass is 35.5. The van der Waals surface area contributed by atoms with Crippen molar-refractivity contribution >= 4 is 17.6 Å². The van der Waals surface area contributed by atoms with Crippen LogP contribution >= 0.6 is 11.6 Å². The number of carbonyl (C=O) groups is 1. The summed E-state index contributed by atoms with van der Waals surface area (Å²) < 4.78 is 6.86. The zero-order chi connectivity index (χ0) is 13.1. The van der Waals surface area contributed by atoms with Gasteiger partial charge in [-0.3, -0.25) is 4.68 Å². The molecule has 0 saturated carbocycles. The molecule has 0 N–H and O–H groups in total. The average Bonchev–Trinajstić information content (AvgIpc) is 2.75. The Morgan fingerprint density at radius 3 is 2.89 bits per heavy atom. The minimum Gasteiger partial charge on any atom is -0.456 e. The lowest BCUT2D eigenvalue weighted by atomic mass is 10.1. The van der Waals surface area contributed by atoms with Crippen molar-refractivity contribution in [3.8, 4) is 0 Å². The summed E-state index contributed by atoms with van der Waals surface area (Å²) in [6.07, 6.45) is 1.66. The molecule has 0 bridgehead atoms. The predicted molar refractivity (Wildman–Crippen MR) is 68.5 cm³/mol. The summed E-state index contributed by atoms with van der Waals surface area (Å²) in [7, 11) is 1.79. The molecule has 0 amide bonds. The summed E-state index contributed by atoms with van der Waals surface area (Å²) in [4.78, 5) is 11.9. The number of ether oxygens (including phenoxy) is 1. The van der Waals surface area contributed by atoms with Gasteiger partial charge >= 0.3 is 5.97 Å². The SMILES string of the molecule is Cc1cccc(C(=O)OCc2ccnn2C)c1Cl. The van der Waals surface area contributed by atoms with Gasteiger partial charge in [-0.25, -0.2) is 4.79 Å². The van der Waals surface area contributed by atoms with Gasteiger partial charge in [0.25, 0.3) is 0 Å². The Morgan fingerprint density at radius 1 is 1.44 bits per heavy atom. The molecule has 1 aromatic heterocycles. The Hall–Kier alpha value is -1.81. The molecule has 4 nitrogen and oxygen atoms in total. The first-order valence-corrected chi connectivity index (χ1v) is 5.86. The smallest absolute Gasteiger partial charge is 0.340 e. The van der Waals surface area contributed by atoms with Gasteiger partial charge < -0.3 is 4.74 Å². The van der Waals surface area contributed by atoms with Gasteiger partial charge in [0.1, 0.15) is 6.61 Å². The highest BCUT2D eigenvalue weighted by Crippen LogP contribution is 2.21. The van der Waals surface area contributed by atoms with Crippen molar-refractivity contribution in [2.24, 2.45) is 7.05 Å². The van der Waals surface area contributed by atoms with Gasteiger partial charge in [0.05, 0.1) is 16.3 Å². The first-order valence-electron chi connectivity index (χ1n) is 5.48. The van der Waals surface area contributed by atoms with E-state index < -0.39 is 5.97 Å². The Bertz CT molecular complexity index is 578. The maximum atomic E-state index is 11.9. The normalized spacial score (nSPS) is 10.4. The van der Waals surface area contributed by atoms with Crippen LogP contribution in [0.3, 0.4) is 0 Å². The van der Waals surface area contributed by atoms with E-state index in [1.165, 1.54) is 0 Å². The zero-order valence-corrected chi connectivity index (χ0v) is 10.9. The van der Waals surface area contributed by atoms with Crippen LogP contribution in [0.4, 0.5) is 0 Å². The molecule has 0 aliphatic rings. The molecule has 0 atom stereocenters. The number of aromatic nitrogens is 2. The van der Waals surface area contributed by atoms with Gasteiger partial charge in [-0.05, 0) is 24.6 Å². The number of hydrogen-bond acceptors (Lipinski definition) is 3. The first kappa shape index (κ1) is 12.6. The van der Waals surface area contributed by atoms with Crippen molar-refractivity contribution < 1.29 is 9.53 Å². The molecule has 1 heterocycles. The predicted octanol–water partition coefficient (Wildman–Crippen LogP) is 2.74. The Kier molecular flexibility index (Phi) is 3.67. The molecule has 1 aromatic carbocycles. The molecule has 5 heteroatoms. The van der Waals surface area contributed by atoms with E-state index in [9.17, 15) is 4.79 Å². The number of rotatable bonds is 3. The van der Waals surface area contributed by atoms with Crippen molar-refractivity contribution in [1.29, 1.82) is 0 Å². The molecule has 18 heavy (non-hydrogen) atoms. The maximum absolute atomic E-state index is 11.9. The number of benzene rings is 1. The summed E-state index contributed by atoms with van der Waals surface area (Å²) in [5, 5.41) is 4.44. The average molecular weight is 265 g/mol. The number of esters is 1. The van der Waals surface area contributed by atoms with Crippen molar-refractivity contribution in [2.45, 2.75) is 13.5 Å². The second-order valence-corrected chi connectivity index (χ2v) is 4.34. The van der Waals surface area contributed by atoms with Crippen LogP contribution in [0.25, 0.3) is 0 Å². The van der Waals surface area contributed by atoms with Gasteiger partial charge in [-0.2, -0.15) is 5.10 Å². The van der Waals surface area contributed by atoms with Crippen LogP contribution in [0.1, 0.15) is 21.6 Å². The van der Waals surface area contributed by atoms with Crippen LogP contribution < -0.4 is 0 Å². The number of aryl methyl sites for hydroxylation is 2. The van der Waals surface area contributed by atoms with Crippen molar-refractivity contribution in [2.75, 3.05) is 0 Å². The zero-order valence-electron chi connectivity index (χ0n) is 10.2. The van der Waals surface area contributed by atoms with E-state index in [0.29, 0.717) is 10.6 Å². The monoisotopic (exact) mass is 264 g/mol. The molecule has 0 spiro atoms. The van der Waals surface area contributed by atoms with Gasteiger partial charge in [0, 0.05) is 13.2 Å². The number of carbonyl (C=O) groups excluding carboxylic acids is 1. The van der Waals surface area contributed by atoms with Crippen LogP contribution in [-0.2, 0) is 18.4 Å². The molecule has 94 valence electrons. The number of halogens is 1. The largest absolute Gasteiger partial charge is 0.456 e. The van der Waals surface area contributed by atoms with Crippen LogP contribution in [-0.4, -0.2) is 15.7 Å². The fourth-order valence-electron chi connectivity index (χ4n) is 1.57. The molecule has 0 radical (unpaired) electrons. The van der Waals surface area contributed by atoms with E-state index in [1.807, 2.05) is 13.0 Å². The lowest BCUT2D eigenvalue weighted by Crippen LogP contribution is -2.08. The molecule has 2 aromatic rings. The summed E-state index contributed by atoms with van der Waals surface area (Å²) in [5.74, 6) is -0.426. The van der Waals surface area contributed by atoms with Gasteiger partial charge in [-0.15, -0.1) is 0 Å². The van der Waals surface area contributed by atoms with E-state index in [2.05, 4.69) is 5.10 Å². The highest BCUT2D eigenvalue weighted by molar-refractivity contribution is 6.34. The molecule has 0 aliphatic carbocycles. The summed E-state index contributed by atoms with van der Waals surface area (Å²) >= 11 is 6.06.